The minimum Gasteiger partial charge on any atom is -0.0887 e. The first-order valence-electron chi connectivity index (χ1n) is 3.50. The van der Waals surface area contributed by atoms with Crippen LogP contribution < -0.4 is 0 Å². The molecule has 0 aromatic rings. The first-order valence-corrected chi connectivity index (χ1v) is 5.33. The molecule has 0 nitrogen and oxygen atoms in total. The van der Waals surface area contributed by atoms with E-state index >= 15 is 0 Å². The summed E-state index contributed by atoms with van der Waals surface area (Å²) in [6, 6.07) is 0. The number of halogens is 2. The van der Waals surface area contributed by atoms with Crippen LogP contribution in [0, 0.1) is 5.92 Å². The highest BCUT2D eigenvalue weighted by Crippen LogP contribution is 2.33. The van der Waals surface area contributed by atoms with Gasteiger partial charge in [0.25, 0.3) is 0 Å². The van der Waals surface area contributed by atoms with Crippen molar-refractivity contribution < 1.29 is 0 Å². The van der Waals surface area contributed by atoms with Crippen LogP contribution in [-0.4, -0.2) is 9.65 Å². The van der Waals surface area contributed by atoms with Gasteiger partial charge >= 0.3 is 0 Å². The van der Waals surface area contributed by atoms with E-state index in [4.69, 9.17) is 0 Å². The molecule has 0 heterocycles. The maximum absolute atomic E-state index is 3.66. The van der Waals surface area contributed by atoms with Crippen LogP contribution in [0.15, 0.2) is 0 Å². The molecule has 0 bridgehead atoms. The second-order valence-electron chi connectivity index (χ2n) is 2.82. The number of hydrogen-bond donors (Lipinski definition) is 0. The van der Waals surface area contributed by atoms with Gasteiger partial charge < -0.3 is 0 Å². The summed E-state index contributed by atoms with van der Waals surface area (Å²) < 4.78 is 0. The van der Waals surface area contributed by atoms with Crippen LogP contribution in [0.3, 0.4) is 0 Å². The summed E-state index contributed by atoms with van der Waals surface area (Å²) >= 11 is 7.33. The molecule has 0 aromatic carbocycles. The fraction of sp³-hybridized carbons (Fsp3) is 1.00. The van der Waals surface area contributed by atoms with E-state index in [1.165, 1.54) is 19.3 Å². The predicted molar refractivity (Wildman–Crippen MR) is 48.4 cm³/mol. The molecule has 0 amide bonds. The number of hydrogen-bond acceptors (Lipinski definition) is 0. The molecule has 0 N–H and O–H groups in total. The lowest BCUT2D eigenvalue weighted by molar-refractivity contribution is 0.421. The summed E-state index contributed by atoms with van der Waals surface area (Å²) in [5.74, 6) is 0.804. The molecular weight excluding hydrogens is 244 g/mol. The van der Waals surface area contributed by atoms with E-state index in [-0.39, 0.29) is 0 Å². The summed E-state index contributed by atoms with van der Waals surface area (Å²) in [4.78, 5) is 1.49. The van der Waals surface area contributed by atoms with Gasteiger partial charge in [-0.3, -0.25) is 0 Å². The minimum absolute atomic E-state index is 0.746. The van der Waals surface area contributed by atoms with Crippen molar-refractivity contribution in [3.63, 3.8) is 0 Å². The zero-order valence-corrected chi connectivity index (χ0v) is 8.78. The van der Waals surface area contributed by atoms with Gasteiger partial charge in [0.15, 0.2) is 0 Å². The molecule has 0 saturated heterocycles. The van der Waals surface area contributed by atoms with Crippen molar-refractivity contribution >= 4 is 31.9 Å². The van der Waals surface area contributed by atoms with E-state index in [0.717, 1.165) is 15.6 Å². The van der Waals surface area contributed by atoms with Gasteiger partial charge in [-0.15, -0.1) is 0 Å². The number of rotatable bonds is 0. The molecule has 0 aromatic heterocycles. The van der Waals surface area contributed by atoms with Crippen molar-refractivity contribution in [2.75, 3.05) is 0 Å². The molecule has 1 rings (SSSR count). The van der Waals surface area contributed by atoms with E-state index in [9.17, 15) is 0 Å². The quantitative estimate of drug-likeness (QED) is 0.583. The Morgan fingerprint density at radius 3 is 1.89 bits per heavy atom. The molecule has 1 fully saturated rings. The Morgan fingerprint density at radius 1 is 1.11 bits per heavy atom. The van der Waals surface area contributed by atoms with Crippen LogP contribution in [-0.2, 0) is 0 Å². The van der Waals surface area contributed by atoms with Gasteiger partial charge in [0.2, 0.25) is 0 Å². The maximum atomic E-state index is 3.66. The SMILES string of the molecule is CC1C(Br)CCCC1Br. The summed E-state index contributed by atoms with van der Waals surface area (Å²) in [5.41, 5.74) is 0. The van der Waals surface area contributed by atoms with Gasteiger partial charge in [-0.25, -0.2) is 0 Å². The topological polar surface area (TPSA) is 0 Å². The monoisotopic (exact) mass is 254 g/mol. The van der Waals surface area contributed by atoms with Crippen LogP contribution >= 0.6 is 31.9 Å². The fourth-order valence-electron chi connectivity index (χ4n) is 1.26. The normalized spacial score (nSPS) is 45.0. The van der Waals surface area contributed by atoms with Gasteiger partial charge in [0.05, 0.1) is 0 Å². The largest absolute Gasteiger partial charge is 0.0887 e. The van der Waals surface area contributed by atoms with Crippen LogP contribution in [0.4, 0.5) is 0 Å². The fourth-order valence-corrected chi connectivity index (χ4v) is 3.05. The third-order valence-corrected chi connectivity index (χ3v) is 4.68. The van der Waals surface area contributed by atoms with Gasteiger partial charge in [-0.1, -0.05) is 45.2 Å². The van der Waals surface area contributed by atoms with Crippen molar-refractivity contribution in [1.29, 1.82) is 0 Å². The lowest BCUT2D eigenvalue weighted by Crippen LogP contribution is -2.25. The molecule has 54 valence electrons. The Hall–Kier alpha value is 0.960. The third-order valence-electron chi connectivity index (χ3n) is 2.10. The Morgan fingerprint density at radius 2 is 1.56 bits per heavy atom. The summed E-state index contributed by atoms with van der Waals surface area (Å²) in [5, 5.41) is 0. The van der Waals surface area contributed by atoms with Crippen LogP contribution in [0.5, 0.6) is 0 Å². The molecule has 1 aliphatic rings. The summed E-state index contributed by atoms with van der Waals surface area (Å²) in [7, 11) is 0. The molecule has 0 radical (unpaired) electrons. The molecule has 0 spiro atoms. The van der Waals surface area contributed by atoms with E-state index in [0.29, 0.717) is 0 Å². The lowest BCUT2D eigenvalue weighted by Gasteiger charge is -2.28. The van der Waals surface area contributed by atoms with E-state index in [1.54, 1.807) is 0 Å². The first kappa shape index (κ1) is 8.06. The second-order valence-corrected chi connectivity index (χ2v) is 5.17. The van der Waals surface area contributed by atoms with Crippen molar-refractivity contribution in [2.24, 2.45) is 5.92 Å². The second kappa shape index (κ2) is 3.38. The van der Waals surface area contributed by atoms with Crippen LogP contribution in [0.2, 0.25) is 0 Å². The van der Waals surface area contributed by atoms with Crippen LogP contribution in [0.1, 0.15) is 26.2 Å². The molecule has 2 unspecified atom stereocenters. The van der Waals surface area contributed by atoms with Gasteiger partial charge in [0, 0.05) is 9.65 Å². The van der Waals surface area contributed by atoms with E-state index < -0.39 is 0 Å². The van der Waals surface area contributed by atoms with Crippen molar-refractivity contribution in [1.82, 2.24) is 0 Å². The molecule has 9 heavy (non-hydrogen) atoms. The standard InChI is InChI=1S/C7H12Br2/c1-5-6(8)3-2-4-7(5)9/h5-7H,2-4H2,1H3. The highest BCUT2D eigenvalue weighted by atomic mass is 79.9. The summed E-state index contributed by atoms with van der Waals surface area (Å²) in [6.07, 6.45) is 4.07. The molecule has 2 heteroatoms. The average Bonchev–Trinajstić information content (AvgIpc) is 1.83. The predicted octanol–water partition coefficient (Wildman–Crippen LogP) is 3.33. The molecule has 1 saturated carbocycles. The van der Waals surface area contributed by atoms with Gasteiger partial charge in [0.1, 0.15) is 0 Å². The average molecular weight is 256 g/mol. The Bertz CT molecular complexity index is 82.9. The molecular formula is C7H12Br2. The maximum Gasteiger partial charge on any atom is 0.0182 e. The van der Waals surface area contributed by atoms with Crippen molar-refractivity contribution in [3.05, 3.63) is 0 Å². The Balaban J connectivity index is 2.41. The van der Waals surface area contributed by atoms with Crippen LogP contribution in [0.25, 0.3) is 0 Å². The van der Waals surface area contributed by atoms with E-state index in [2.05, 4.69) is 38.8 Å². The zero-order valence-electron chi connectivity index (χ0n) is 5.61. The minimum atomic E-state index is 0.746. The van der Waals surface area contributed by atoms with E-state index in [1.807, 2.05) is 0 Å². The highest BCUT2D eigenvalue weighted by molar-refractivity contribution is 9.10. The Kier molecular flexibility index (Phi) is 3.03. The van der Waals surface area contributed by atoms with Gasteiger partial charge in [-0.05, 0) is 18.8 Å². The molecule has 2 atom stereocenters. The molecule has 1 aliphatic carbocycles. The zero-order chi connectivity index (χ0) is 6.85. The first-order chi connectivity index (χ1) is 4.22. The third kappa shape index (κ3) is 1.94. The molecule has 0 aliphatic heterocycles. The Labute approximate surface area is 73.7 Å². The smallest absolute Gasteiger partial charge is 0.0182 e. The summed E-state index contributed by atoms with van der Waals surface area (Å²) in [6.45, 7) is 2.30. The van der Waals surface area contributed by atoms with Gasteiger partial charge in [-0.2, -0.15) is 0 Å². The van der Waals surface area contributed by atoms with Crippen molar-refractivity contribution in [3.8, 4) is 0 Å². The highest BCUT2D eigenvalue weighted by Gasteiger charge is 2.25. The van der Waals surface area contributed by atoms with Crippen molar-refractivity contribution in [2.45, 2.75) is 35.8 Å². The lowest BCUT2D eigenvalue weighted by atomic mass is 9.91. The number of alkyl halides is 2.